The van der Waals surface area contributed by atoms with Crippen LogP contribution in [0.3, 0.4) is 0 Å². The van der Waals surface area contributed by atoms with E-state index in [4.69, 9.17) is 9.47 Å². The Hall–Kier alpha value is -0.340. The number of hydrogen-bond acceptors (Lipinski definition) is 2. The number of ether oxygens (including phenoxy) is 2. The van der Waals surface area contributed by atoms with Gasteiger partial charge in [0.15, 0.2) is 6.29 Å². The Kier molecular flexibility index (Phi) is 10.2. The van der Waals surface area contributed by atoms with Gasteiger partial charge in [-0.05, 0) is 38.5 Å². The first-order valence-corrected chi connectivity index (χ1v) is 7.81. The lowest BCUT2D eigenvalue weighted by Crippen LogP contribution is -2.06. The maximum Gasteiger partial charge on any atom is 0.157 e. The molecule has 1 fully saturated rings. The summed E-state index contributed by atoms with van der Waals surface area (Å²) in [7, 11) is 0. The third-order valence-electron chi connectivity index (χ3n) is 3.39. The number of hydrogen-bond donors (Lipinski definition) is 0. The minimum Gasteiger partial charge on any atom is -0.350 e. The summed E-state index contributed by atoms with van der Waals surface area (Å²) < 4.78 is 10.8. The predicted molar refractivity (Wildman–Crippen MR) is 76.7 cm³/mol. The van der Waals surface area contributed by atoms with Gasteiger partial charge in [0.05, 0.1) is 13.2 Å². The normalized spacial score (nSPS) is 16.9. The molecule has 1 rings (SSSR count). The SMILES string of the molecule is CCCCC/C=C\CCCCCCC1OCCO1. The minimum atomic E-state index is 0.100. The molecule has 2 heteroatoms. The lowest BCUT2D eigenvalue weighted by Gasteiger charge is -2.07. The zero-order valence-corrected chi connectivity index (χ0v) is 12.0. The van der Waals surface area contributed by atoms with Gasteiger partial charge in [0.25, 0.3) is 0 Å². The Morgan fingerprint density at radius 2 is 1.44 bits per heavy atom. The maximum absolute atomic E-state index is 5.41. The lowest BCUT2D eigenvalue weighted by atomic mass is 10.1. The molecule has 1 aliphatic heterocycles. The number of allylic oxidation sites excluding steroid dienone is 2. The minimum absolute atomic E-state index is 0.100. The molecule has 0 saturated carbocycles. The van der Waals surface area contributed by atoms with Gasteiger partial charge < -0.3 is 9.47 Å². The van der Waals surface area contributed by atoms with Crippen LogP contribution in [0.1, 0.15) is 71.1 Å². The van der Waals surface area contributed by atoms with Gasteiger partial charge in [0.2, 0.25) is 0 Å². The Morgan fingerprint density at radius 1 is 0.833 bits per heavy atom. The third-order valence-corrected chi connectivity index (χ3v) is 3.39. The molecule has 0 aromatic rings. The predicted octanol–water partition coefficient (Wildman–Crippen LogP) is 4.84. The third kappa shape index (κ3) is 8.71. The molecule has 1 heterocycles. The Morgan fingerprint density at radius 3 is 2.11 bits per heavy atom. The van der Waals surface area contributed by atoms with Crippen LogP contribution in [0, 0.1) is 0 Å². The average Bonchev–Trinajstić information content (AvgIpc) is 2.89. The van der Waals surface area contributed by atoms with Crippen LogP contribution in [-0.4, -0.2) is 19.5 Å². The molecular weight excluding hydrogens is 224 g/mol. The highest BCUT2D eigenvalue weighted by Gasteiger charge is 2.14. The molecule has 0 spiro atoms. The van der Waals surface area contributed by atoms with Crippen LogP contribution in [0.2, 0.25) is 0 Å². The van der Waals surface area contributed by atoms with Crippen LogP contribution in [0.4, 0.5) is 0 Å². The van der Waals surface area contributed by atoms with Gasteiger partial charge in [-0.15, -0.1) is 0 Å². The van der Waals surface area contributed by atoms with E-state index in [-0.39, 0.29) is 6.29 Å². The van der Waals surface area contributed by atoms with Crippen molar-refractivity contribution in [2.24, 2.45) is 0 Å². The van der Waals surface area contributed by atoms with E-state index < -0.39 is 0 Å². The molecule has 0 N–H and O–H groups in total. The summed E-state index contributed by atoms with van der Waals surface area (Å²) in [6.07, 6.45) is 17.7. The van der Waals surface area contributed by atoms with E-state index in [0.717, 1.165) is 19.6 Å². The Balaban J connectivity index is 1.75. The molecule has 0 bridgehead atoms. The smallest absolute Gasteiger partial charge is 0.157 e. The molecule has 1 aliphatic rings. The van der Waals surface area contributed by atoms with E-state index >= 15 is 0 Å². The van der Waals surface area contributed by atoms with Gasteiger partial charge in [-0.3, -0.25) is 0 Å². The highest BCUT2D eigenvalue weighted by Crippen LogP contribution is 2.13. The van der Waals surface area contributed by atoms with Gasteiger partial charge in [0, 0.05) is 0 Å². The molecule has 0 atom stereocenters. The summed E-state index contributed by atoms with van der Waals surface area (Å²) in [5.41, 5.74) is 0. The zero-order valence-electron chi connectivity index (χ0n) is 12.0. The molecule has 18 heavy (non-hydrogen) atoms. The van der Waals surface area contributed by atoms with Crippen LogP contribution >= 0.6 is 0 Å². The summed E-state index contributed by atoms with van der Waals surface area (Å²) in [5.74, 6) is 0. The zero-order chi connectivity index (χ0) is 12.9. The first-order valence-electron chi connectivity index (χ1n) is 7.81. The van der Waals surface area contributed by atoms with Gasteiger partial charge in [-0.2, -0.15) is 0 Å². The van der Waals surface area contributed by atoms with Crippen molar-refractivity contribution in [3.8, 4) is 0 Å². The van der Waals surface area contributed by atoms with Gasteiger partial charge >= 0.3 is 0 Å². The summed E-state index contributed by atoms with van der Waals surface area (Å²) in [6, 6.07) is 0. The van der Waals surface area contributed by atoms with E-state index in [0.29, 0.717) is 0 Å². The average molecular weight is 254 g/mol. The highest BCUT2D eigenvalue weighted by atomic mass is 16.7. The largest absolute Gasteiger partial charge is 0.350 e. The highest BCUT2D eigenvalue weighted by molar-refractivity contribution is 4.81. The maximum atomic E-state index is 5.41. The topological polar surface area (TPSA) is 18.5 Å². The van der Waals surface area contributed by atoms with Crippen molar-refractivity contribution in [3.63, 3.8) is 0 Å². The quantitative estimate of drug-likeness (QED) is 0.388. The van der Waals surface area contributed by atoms with E-state index in [2.05, 4.69) is 19.1 Å². The fourth-order valence-corrected chi connectivity index (χ4v) is 2.25. The molecular formula is C16H30O2. The molecule has 0 unspecified atom stereocenters. The molecule has 0 aromatic heterocycles. The summed E-state index contributed by atoms with van der Waals surface area (Å²) in [5, 5.41) is 0. The molecule has 2 nitrogen and oxygen atoms in total. The van der Waals surface area contributed by atoms with Crippen molar-refractivity contribution < 1.29 is 9.47 Å². The van der Waals surface area contributed by atoms with Gasteiger partial charge in [-0.25, -0.2) is 0 Å². The van der Waals surface area contributed by atoms with Crippen LogP contribution < -0.4 is 0 Å². The van der Waals surface area contributed by atoms with Crippen LogP contribution in [0.15, 0.2) is 12.2 Å². The Bertz CT molecular complexity index is 195. The molecule has 0 aliphatic carbocycles. The van der Waals surface area contributed by atoms with Crippen molar-refractivity contribution in [3.05, 3.63) is 12.2 Å². The molecule has 1 saturated heterocycles. The molecule has 106 valence electrons. The molecule has 0 radical (unpaired) electrons. The van der Waals surface area contributed by atoms with Crippen molar-refractivity contribution >= 4 is 0 Å². The first kappa shape index (κ1) is 15.7. The second kappa shape index (κ2) is 11.7. The number of unbranched alkanes of at least 4 members (excludes halogenated alkanes) is 7. The second-order valence-corrected chi connectivity index (χ2v) is 5.13. The summed E-state index contributed by atoms with van der Waals surface area (Å²) >= 11 is 0. The van der Waals surface area contributed by atoms with Crippen LogP contribution in [-0.2, 0) is 9.47 Å². The van der Waals surface area contributed by atoms with Crippen LogP contribution in [0.25, 0.3) is 0 Å². The van der Waals surface area contributed by atoms with E-state index in [1.807, 2.05) is 0 Å². The van der Waals surface area contributed by atoms with Gasteiger partial charge in [-0.1, -0.05) is 44.8 Å². The summed E-state index contributed by atoms with van der Waals surface area (Å²) in [6.45, 7) is 3.83. The number of rotatable bonds is 11. The molecule has 0 aromatic carbocycles. The summed E-state index contributed by atoms with van der Waals surface area (Å²) in [4.78, 5) is 0. The monoisotopic (exact) mass is 254 g/mol. The Labute approximate surface area is 113 Å². The van der Waals surface area contributed by atoms with Gasteiger partial charge in [0.1, 0.15) is 0 Å². The van der Waals surface area contributed by atoms with Crippen molar-refractivity contribution in [2.75, 3.05) is 13.2 Å². The second-order valence-electron chi connectivity index (χ2n) is 5.13. The van der Waals surface area contributed by atoms with Crippen LogP contribution in [0.5, 0.6) is 0 Å². The molecule has 0 amide bonds. The lowest BCUT2D eigenvalue weighted by molar-refractivity contribution is -0.0480. The first-order chi connectivity index (χ1) is 8.93. The van der Waals surface area contributed by atoms with Crippen molar-refractivity contribution in [2.45, 2.75) is 77.4 Å². The fraction of sp³-hybridized carbons (Fsp3) is 0.875. The van der Waals surface area contributed by atoms with E-state index in [1.165, 1.54) is 57.8 Å². The van der Waals surface area contributed by atoms with Crippen molar-refractivity contribution in [1.29, 1.82) is 0 Å². The van der Waals surface area contributed by atoms with Crippen molar-refractivity contribution in [1.82, 2.24) is 0 Å². The standard InChI is InChI=1S/C16H30O2/c1-2-3-4-5-6-7-8-9-10-11-12-13-16-17-14-15-18-16/h6-7,16H,2-5,8-15H2,1H3/b7-6-. The fourth-order valence-electron chi connectivity index (χ4n) is 2.25. The van der Waals surface area contributed by atoms with E-state index in [9.17, 15) is 0 Å². The van der Waals surface area contributed by atoms with E-state index in [1.54, 1.807) is 0 Å².